The third-order valence-corrected chi connectivity index (χ3v) is 3.45. The molecule has 0 radical (unpaired) electrons. The van der Waals surface area contributed by atoms with Gasteiger partial charge in [0.2, 0.25) is 5.88 Å². The van der Waals surface area contributed by atoms with E-state index in [2.05, 4.69) is 20.9 Å². The topological polar surface area (TPSA) is 66.0 Å². The molecule has 0 atom stereocenters. The minimum absolute atomic E-state index is 0.211. The standard InChI is InChI=1S/C15H15BrN2O3/c1-9-4-5-10(15(19)20)6-13(9)17-8-11-7-12(16)14(21-11)18(2)3/h4-8H,1-3H3,(H,19,20). The number of aliphatic imine (C=N–C) groups is 1. The molecule has 6 heteroatoms. The molecule has 110 valence electrons. The number of carbonyl (C=O) groups is 1. The summed E-state index contributed by atoms with van der Waals surface area (Å²) in [6.45, 7) is 1.88. The number of furan rings is 1. The Kier molecular flexibility index (Phi) is 4.47. The molecule has 0 amide bonds. The van der Waals surface area contributed by atoms with Crippen molar-refractivity contribution >= 4 is 39.7 Å². The van der Waals surface area contributed by atoms with E-state index in [-0.39, 0.29) is 5.56 Å². The third-order valence-electron chi connectivity index (χ3n) is 2.88. The number of hydrogen-bond acceptors (Lipinski definition) is 4. The first-order valence-electron chi connectivity index (χ1n) is 6.23. The number of rotatable bonds is 4. The zero-order valence-electron chi connectivity index (χ0n) is 11.9. The number of anilines is 1. The number of benzene rings is 1. The number of hydrogen-bond donors (Lipinski definition) is 1. The van der Waals surface area contributed by atoms with E-state index in [4.69, 9.17) is 9.52 Å². The smallest absolute Gasteiger partial charge is 0.335 e. The van der Waals surface area contributed by atoms with Crippen LogP contribution in [0.15, 0.2) is 38.1 Å². The van der Waals surface area contributed by atoms with Crippen LogP contribution in [0.2, 0.25) is 0 Å². The fourth-order valence-corrected chi connectivity index (χ4v) is 2.42. The molecule has 0 unspecified atom stereocenters. The number of aromatic carboxylic acids is 1. The second-order valence-electron chi connectivity index (χ2n) is 4.76. The van der Waals surface area contributed by atoms with E-state index in [9.17, 15) is 4.79 Å². The molecular formula is C15H15BrN2O3. The molecule has 1 N–H and O–H groups in total. The van der Waals surface area contributed by atoms with E-state index >= 15 is 0 Å². The molecule has 1 aromatic heterocycles. The van der Waals surface area contributed by atoms with E-state index in [1.807, 2.05) is 32.0 Å². The van der Waals surface area contributed by atoms with Crippen LogP contribution in [0.25, 0.3) is 0 Å². The van der Waals surface area contributed by atoms with E-state index in [0.717, 1.165) is 10.0 Å². The SMILES string of the molecule is Cc1ccc(C(=O)O)cc1N=Cc1cc(Br)c(N(C)C)o1. The Hall–Kier alpha value is -2.08. The molecule has 0 saturated heterocycles. The van der Waals surface area contributed by atoms with Crippen LogP contribution in [-0.2, 0) is 0 Å². The van der Waals surface area contributed by atoms with Crippen molar-refractivity contribution in [3.8, 4) is 0 Å². The average Bonchev–Trinajstić information content (AvgIpc) is 2.79. The Balaban J connectivity index is 2.31. The number of carboxylic acids is 1. The van der Waals surface area contributed by atoms with Crippen molar-refractivity contribution in [2.75, 3.05) is 19.0 Å². The fourth-order valence-electron chi connectivity index (χ4n) is 1.76. The quantitative estimate of drug-likeness (QED) is 0.850. The molecule has 0 aliphatic heterocycles. The Morgan fingerprint density at radius 1 is 1.38 bits per heavy atom. The molecule has 0 aliphatic rings. The van der Waals surface area contributed by atoms with E-state index < -0.39 is 5.97 Å². The molecule has 0 fully saturated rings. The summed E-state index contributed by atoms with van der Waals surface area (Å²) in [5.41, 5.74) is 1.71. The van der Waals surface area contributed by atoms with Gasteiger partial charge in [-0.2, -0.15) is 0 Å². The molecule has 2 aromatic rings. The average molecular weight is 351 g/mol. The van der Waals surface area contributed by atoms with Crippen LogP contribution in [-0.4, -0.2) is 31.4 Å². The van der Waals surface area contributed by atoms with Gasteiger partial charge in [-0.1, -0.05) is 6.07 Å². The first kappa shape index (κ1) is 15.3. The van der Waals surface area contributed by atoms with Gasteiger partial charge in [0.1, 0.15) is 5.76 Å². The van der Waals surface area contributed by atoms with Gasteiger partial charge < -0.3 is 14.4 Å². The lowest BCUT2D eigenvalue weighted by Crippen LogP contribution is -2.07. The summed E-state index contributed by atoms with van der Waals surface area (Å²) in [7, 11) is 3.76. The number of halogens is 1. The second kappa shape index (κ2) is 6.13. The maximum atomic E-state index is 11.0. The van der Waals surface area contributed by atoms with Crippen molar-refractivity contribution in [1.29, 1.82) is 0 Å². The molecule has 0 spiro atoms. The highest BCUT2D eigenvalue weighted by Crippen LogP contribution is 2.28. The maximum Gasteiger partial charge on any atom is 0.335 e. The normalized spacial score (nSPS) is 11.0. The zero-order chi connectivity index (χ0) is 15.6. The predicted octanol–water partition coefficient (Wildman–Crippen LogP) is 3.87. The highest BCUT2D eigenvalue weighted by atomic mass is 79.9. The first-order valence-corrected chi connectivity index (χ1v) is 7.02. The molecule has 1 heterocycles. The van der Waals surface area contributed by atoms with Gasteiger partial charge in [0.15, 0.2) is 0 Å². The largest absolute Gasteiger partial charge is 0.478 e. The highest BCUT2D eigenvalue weighted by Gasteiger charge is 2.09. The van der Waals surface area contributed by atoms with Gasteiger partial charge in [0.25, 0.3) is 0 Å². The zero-order valence-corrected chi connectivity index (χ0v) is 13.5. The minimum atomic E-state index is -0.970. The molecule has 5 nitrogen and oxygen atoms in total. The highest BCUT2D eigenvalue weighted by molar-refractivity contribution is 9.10. The van der Waals surface area contributed by atoms with Gasteiger partial charge in [0, 0.05) is 20.2 Å². The second-order valence-corrected chi connectivity index (χ2v) is 5.62. The summed E-state index contributed by atoms with van der Waals surface area (Å²) in [5.74, 6) is 0.320. The van der Waals surface area contributed by atoms with E-state index in [1.54, 1.807) is 24.4 Å². The summed E-state index contributed by atoms with van der Waals surface area (Å²) in [6.07, 6.45) is 1.58. The van der Waals surface area contributed by atoms with Gasteiger partial charge in [-0.3, -0.25) is 4.99 Å². The lowest BCUT2D eigenvalue weighted by Gasteiger charge is -2.07. The Labute approximate surface area is 131 Å². The predicted molar refractivity (Wildman–Crippen MR) is 86.1 cm³/mol. The van der Waals surface area contributed by atoms with Crippen molar-refractivity contribution < 1.29 is 14.3 Å². The van der Waals surface area contributed by atoms with Crippen molar-refractivity contribution in [2.24, 2.45) is 4.99 Å². The van der Waals surface area contributed by atoms with Crippen LogP contribution in [0.4, 0.5) is 11.6 Å². The Bertz CT molecular complexity index is 705. The van der Waals surface area contributed by atoms with Gasteiger partial charge in [-0.15, -0.1) is 0 Å². The van der Waals surface area contributed by atoms with Gasteiger partial charge in [-0.25, -0.2) is 4.79 Å². The molecule has 1 aromatic carbocycles. The van der Waals surface area contributed by atoms with Crippen LogP contribution < -0.4 is 4.90 Å². The van der Waals surface area contributed by atoms with Gasteiger partial charge in [-0.05, 0) is 40.5 Å². The summed E-state index contributed by atoms with van der Waals surface area (Å²) in [4.78, 5) is 17.1. The van der Waals surface area contributed by atoms with Crippen molar-refractivity contribution in [3.05, 3.63) is 45.6 Å². The molecule has 2 rings (SSSR count). The number of nitrogens with zero attached hydrogens (tertiary/aromatic N) is 2. The summed E-state index contributed by atoms with van der Waals surface area (Å²) in [5, 5.41) is 9.00. The van der Waals surface area contributed by atoms with E-state index in [0.29, 0.717) is 17.3 Å². The van der Waals surface area contributed by atoms with Crippen LogP contribution in [0, 0.1) is 6.92 Å². The van der Waals surface area contributed by atoms with E-state index in [1.165, 1.54) is 0 Å². The summed E-state index contributed by atoms with van der Waals surface area (Å²) < 4.78 is 6.47. The Morgan fingerprint density at radius 3 is 2.67 bits per heavy atom. The monoisotopic (exact) mass is 350 g/mol. The van der Waals surface area contributed by atoms with Crippen LogP contribution in [0.1, 0.15) is 21.7 Å². The number of carboxylic acid groups (broad SMARTS) is 1. The molecule has 0 bridgehead atoms. The molecule has 21 heavy (non-hydrogen) atoms. The maximum absolute atomic E-state index is 11.0. The minimum Gasteiger partial charge on any atom is -0.478 e. The third kappa shape index (κ3) is 3.52. The van der Waals surface area contributed by atoms with Crippen molar-refractivity contribution in [1.82, 2.24) is 0 Å². The molecular weight excluding hydrogens is 336 g/mol. The summed E-state index contributed by atoms with van der Waals surface area (Å²) in [6, 6.07) is 6.65. The molecule has 0 saturated carbocycles. The van der Waals surface area contributed by atoms with Crippen molar-refractivity contribution in [2.45, 2.75) is 6.92 Å². The van der Waals surface area contributed by atoms with Gasteiger partial charge >= 0.3 is 5.97 Å². The van der Waals surface area contributed by atoms with Gasteiger partial charge in [0.05, 0.1) is 21.9 Å². The lowest BCUT2D eigenvalue weighted by atomic mass is 10.1. The molecule has 0 aliphatic carbocycles. The summed E-state index contributed by atoms with van der Waals surface area (Å²) >= 11 is 3.41. The van der Waals surface area contributed by atoms with Crippen molar-refractivity contribution in [3.63, 3.8) is 0 Å². The number of aryl methyl sites for hydroxylation is 1. The fraction of sp³-hybridized carbons (Fsp3) is 0.200. The van der Waals surface area contributed by atoms with Crippen LogP contribution in [0.5, 0.6) is 0 Å². The van der Waals surface area contributed by atoms with Crippen LogP contribution >= 0.6 is 15.9 Å². The first-order chi connectivity index (χ1) is 9.88. The Morgan fingerprint density at radius 2 is 2.10 bits per heavy atom. The lowest BCUT2D eigenvalue weighted by molar-refractivity contribution is 0.0697. The van der Waals surface area contributed by atoms with Crippen LogP contribution in [0.3, 0.4) is 0 Å².